The Labute approximate surface area is 223 Å². The summed E-state index contributed by atoms with van der Waals surface area (Å²) in [5, 5.41) is 2.77. The van der Waals surface area contributed by atoms with Gasteiger partial charge in [0.2, 0.25) is 5.91 Å². The zero-order valence-corrected chi connectivity index (χ0v) is 21.3. The average Bonchev–Trinajstić information content (AvgIpc) is 3.70. The lowest BCUT2D eigenvalue weighted by molar-refractivity contribution is -0.138. The van der Waals surface area contributed by atoms with Gasteiger partial charge in [-0.25, -0.2) is 4.98 Å². The second kappa shape index (κ2) is 11.1. The smallest absolute Gasteiger partial charge is 0.416 e. The number of benzene rings is 2. The first kappa shape index (κ1) is 26.7. The summed E-state index contributed by atoms with van der Waals surface area (Å²) in [6.45, 7) is 1.28. The topological polar surface area (TPSA) is 80.8 Å². The normalized spacial score (nSPS) is 15.9. The number of hydrogen-bond donors (Lipinski definition) is 1. The Bertz CT molecular complexity index is 1350. The van der Waals surface area contributed by atoms with Crippen molar-refractivity contribution in [2.75, 3.05) is 25.5 Å². The largest absolute Gasteiger partial charge is 0.488 e. The molecule has 2 aromatic carbocycles. The van der Waals surface area contributed by atoms with Crippen molar-refractivity contribution in [1.82, 2.24) is 9.88 Å². The van der Waals surface area contributed by atoms with Crippen LogP contribution in [0.1, 0.15) is 29.5 Å². The molecule has 5 rings (SSSR count). The number of nitrogens with zero attached hydrogens (tertiary/aromatic N) is 2. The quantitative estimate of drug-likeness (QED) is 0.377. The van der Waals surface area contributed by atoms with E-state index in [2.05, 4.69) is 10.3 Å². The average molecular weight is 540 g/mol. The van der Waals surface area contributed by atoms with E-state index in [1.54, 1.807) is 42.6 Å². The Hall–Kier alpha value is -3.92. The molecular weight excluding hydrogens is 511 g/mol. The number of ketones is 1. The molecule has 7 nitrogen and oxygen atoms in total. The monoisotopic (exact) mass is 539 g/mol. The fourth-order valence-electron chi connectivity index (χ4n) is 4.35. The molecule has 1 saturated heterocycles. The third kappa shape index (κ3) is 7.35. The van der Waals surface area contributed by atoms with Crippen LogP contribution in [0.4, 0.5) is 19.0 Å². The van der Waals surface area contributed by atoms with E-state index in [1.165, 1.54) is 6.07 Å². The predicted molar refractivity (Wildman–Crippen MR) is 138 cm³/mol. The number of likely N-dealkylation sites (tertiary alicyclic amines) is 1. The molecule has 10 heteroatoms. The molecule has 0 bridgehead atoms. The maximum atomic E-state index is 13.5. The molecule has 1 N–H and O–H groups in total. The standard InChI is InChI=1S/C29H28F3N3O4/c1-35-16-26(17-35)39-25-13-19(10-21(14-25)29(30,31)32)12-22(36)11-18-2-6-23(7-3-18)38-24-8-9-33-27(15-24)34-28(37)20-4-5-20/h2-3,6-10,13-15,20,26H,4-5,11-12,16-17H2,1H3,(H,33,34,37). The number of hydrogen-bond acceptors (Lipinski definition) is 6. The minimum absolute atomic E-state index is 0.0475. The number of amides is 1. The number of nitrogens with one attached hydrogen (secondary N) is 1. The second-order valence-electron chi connectivity index (χ2n) is 10.1. The number of alkyl halides is 3. The third-order valence-electron chi connectivity index (χ3n) is 6.52. The number of Topliss-reactive ketones (excluding diaryl/α,β-unsaturated/α-hetero) is 1. The number of carbonyl (C=O) groups is 2. The van der Waals surface area contributed by atoms with Gasteiger partial charge in [-0.1, -0.05) is 12.1 Å². The highest BCUT2D eigenvalue weighted by atomic mass is 19.4. The Kier molecular flexibility index (Phi) is 7.56. The Morgan fingerprint density at radius 1 is 0.949 bits per heavy atom. The van der Waals surface area contributed by atoms with Gasteiger partial charge in [-0.2, -0.15) is 13.2 Å². The van der Waals surface area contributed by atoms with Crippen molar-refractivity contribution >= 4 is 17.5 Å². The zero-order valence-electron chi connectivity index (χ0n) is 21.3. The van der Waals surface area contributed by atoms with Gasteiger partial charge in [0.1, 0.15) is 35.0 Å². The van der Waals surface area contributed by atoms with Crippen LogP contribution in [0.15, 0.2) is 60.8 Å². The van der Waals surface area contributed by atoms with Gasteiger partial charge >= 0.3 is 6.18 Å². The highest BCUT2D eigenvalue weighted by Gasteiger charge is 2.33. The molecule has 1 aliphatic heterocycles. The van der Waals surface area contributed by atoms with Gasteiger partial charge in [-0.3, -0.25) is 14.5 Å². The molecule has 204 valence electrons. The van der Waals surface area contributed by atoms with Crippen LogP contribution in [0, 0.1) is 5.92 Å². The van der Waals surface area contributed by atoms with Crippen molar-refractivity contribution in [3.8, 4) is 17.2 Å². The molecule has 3 aromatic rings. The molecular formula is C29H28F3N3O4. The lowest BCUT2D eigenvalue weighted by Gasteiger charge is -2.36. The summed E-state index contributed by atoms with van der Waals surface area (Å²) >= 11 is 0. The van der Waals surface area contributed by atoms with Crippen LogP contribution in [-0.2, 0) is 28.6 Å². The molecule has 1 amide bonds. The fraction of sp³-hybridized carbons (Fsp3) is 0.345. The number of likely N-dealkylation sites (N-methyl/N-ethyl adjacent to an activating group) is 1. The molecule has 0 unspecified atom stereocenters. The summed E-state index contributed by atoms with van der Waals surface area (Å²) in [7, 11) is 1.90. The molecule has 1 aliphatic carbocycles. The van der Waals surface area contributed by atoms with E-state index in [0.29, 0.717) is 36.0 Å². The minimum atomic E-state index is -4.54. The van der Waals surface area contributed by atoms with Crippen LogP contribution in [0.3, 0.4) is 0 Å². The van der Waals surface area contributed by atoms with Crippen molar-refractivity contribution < 1.29 is 32.2 Å². The molecule has 2 aliphatic rings. The van der Waals surface area contributed by atoms with Gasteiger partial charge in [-0.15, -0.1) is 0 Å². The Morgan fingerprint density at radius 2 is 1.67 bits per heavy atom. The highest BCUT2D eigenvalue weighted by molar-refractivity contribution is 5.93. The van der Waals surface area contributed by atoms with Crippen molar-refractivity contribution in [2.24, 2.45) is 5.92 Å². The van der Waals surface area contributed by atoms with E-state index in [-0.39, 0.29) is 47.9 Å². The van der Waals surface area contributed by atoms with Gasteiger partial charge in [0.25, 0.3) is 0 Å². The minimum Gasteiger partial charge on any atom is -0.488 e. The van der Waals surface area contributed by atoms with Crippen molar-refractivity contribution in [1.29, 1.82) is 0 Å². The van der Waals surface area contributed by atoms with Gasteiger partial charge in [-0.05, 0) is 67.4 Å². The van der Waals surface area contributed by atoms with Crippen molar-refractivity contribution in [3.05, 3.63) is 77.5 Å². The zero-order chi connectivity index (χ0) is 27.6. The summed E-state index contributed by atoms with van der Waals surface area (Å²) < 4.78 is 51.9. The highest BCUT2D eigenvalue weighted by Crippen LogP contribution is 2.34. The number of pyridine rings is 1. The third-order valence-corrected chi connectivity index (χ3v) is 6.52. The first-order valence-electron chi connectivity index (χ1n) is 12.7. The number of ether oxygens (including phenoxy) is 2. The van der Waals surface area contributed by atoms with E-state index in [4.69, 9.17) is 9.47 Å². The second-order valence-corrected chi connectivity index (χ2v) is 10.1. The number of rotatable bonds is 10. The molecule has 1 saturated carbocycles. The number of aromatic nitrogens is 1. The Morgan fingerprint density at radius 3 is 2.33 bits per heavy atom. The summed E-state index contributed by atoms with van der Waals surface area (Å²) in [6.07, 6.45) is -1.46. The summed E-state index contributed by atoms with van der Waals surface area (Å²) in [5.74, 6) is 1.35. The molecule has 2 fully saturated rings. The first-order valence-corrected chi connectivity index (χ1v) is 12.7. The maximum Gasteiger partial charge on any atom is 0.416 e. The van der Waals surface area contributed by atoms with Crippen LogP contribution in [0.25, 0.3) is 0 Å². The van der Waals surface area contributed by atoms with Crippen molar-refractivity contribution in [3.63, 3.8) is 0 Å². The molecule has 39 heavy (non-hydrogen) atoms. The predicted octanol–water partition coefficient (Wildman–Crippen LogP) is 5.29. The number of halogens is 3. The van der Waals surface area contributed by atoms with Gasteiger partial charge in [0.15, 0.2) is 0 Å². The van der Waals surface area contributed by atoms with E-state index in [1.807, 2.05) is 11.9 Å². The number of carbonyl (C=O) groups excluding carboxylic acids is 2. The summed E-state index contributed by atoms with van der Waals surface area (Å²) in [5.41, 5.74) is 0.142. The van der Waals surface area contributed by atoms with E-state index in [0.717, 1.165) is 25.0 Å². The molecule has 0 spiro atoms. The van der Waals surface area contributed by atoms with Crippen molar-refractivity contribution in [2.45, 2.75) is 38.0 Å². The Balaban J connectivity index is 1.19. The van der Waals surface area contributed by atoms with Crippen LogP contribution < -0.4 is 14.8 Å². The lowest BCUT2D eigenvalue weighted by atomic mass is 10.0. The van der Waals surface area contributed by atoms with E-state index >= 15 is 0 Å². The van der Waals surface area contributed by atoms with Crippen LogP contribution in [0.2, 0.25) is 0 Å². The SMILES string of the molecule is CN1CC(Oc2cc(CC(=O)Cc3ccc(Oc4ccnc(NC(=O)C5CC5)c4)cc3)cc(C(F)(F)F)c2)C1. The number of anilines is 1. The van der Waals surface area contributed by atoms with E-state index in [9.17, 15) is 22.8 Å². The fourth-order valence-corrected chi connectivity index (χ4v) is 4.35. The molecule has 0 radical (unpaired) electrons. The first-order chi connectivity index (χ1) is 18.6. The van der Waals surface area contributed by atoms with Crippen LogP contribution >= 0.6 is 0 Å². The maximum absolute atomic E-state index is 13.5. The van der Waals surface area contributed by atoms with Gasteiger partial charge in [0, 0.05) is 44.1 Å². The molecule has 2 heterocycles. The lowest BCUT2D eigenvalue weighted by Crippen LogP contribution is -2.51. The van der Waals surface area contributed by atoms with Gasteiger partial charge < -0.3 is 14.8 Å². The van der Waals surface area contributed by atoms with Crippen LogP contribution in [0.5, 0.6) is 17.2 Å². The van der Waals surface area contributed by atoms with Crippen LogP contribution in [-0.4, -0.2) is 47.8 Å². The van der Waals surface area contributed by atoms with Gasteiger partial charge in [0.05, 0.1) is 5.56 Å². The summed E-state index contributed by atoms with van der Waals surface area (Å²) in [6, 6.07) is 13.7. The molecule has 1 aromatic heterocycles. The summed E-state index contributed by atoms with van der Waals surface area (Å²) in [4.78, 5) is 30.8. The molecule has 0 atom stereocenters. The van der Waals surface area contributed by atoms with E-state index < -0.39 is 11.7 Å².